The second kappa shape index (κ2) is 9.45. The predicted octanol–water partition coefficient (Wildman–Crippen LogP) is 3.64. The number of methoxy groups -OCH3 is 1. The van der Waals surface area contributed by atoms with E-state index in [-0.39, 0.29) is 12.1 Å². The lowest BCUT2D eigenvalue weighted by Gasteiger charge is -2.35. The van der Waals surface area contributed by atoms with E-state index in [1.807, 2.05) is 24.3 Å². The Kier molecular flexibility index (Phi) is 6.50. The number of nitrogens with zero attached hydrogens (tertiary/aromatic N) is 1. The average Bonchev–Trinajstić information content (AvgIpc) is 3.15. The molecule has 1 aliphatic carbocycles. The number of rotatable bonds is 6. The van der Waals surface area contributed by atoms with E-state index in [2.05, 4.69) is 29.2 Å². The number of benzene rings is 2. The van der Waals surface area contributed by atoms with Crippen molar-refractivity contribution in [2.75, 3.05) is 26.7 Å². The highest BCUT2D eigenvalue weighted by atomic mass is 16.5. The molecule has 1 heterocycles. The number of esters is 1. The highest BCUT2D eigenvalue weighted by Crippen LogP contribution is 2.38. The van der Waals surface area contributed by atoms with Crippen molar-refractivity contribution in [3.63, 3.8) is 0 Å². The van der Waals surface area contributed by atoms with Crippen LogP contribution in [-0.4, -0.2) is 54.9 Å². The standard InChI is InChI=1S/C25H29NO4/c1-29-25(28)19-10-5-11-22(13-19)30-24-15-21-17-26(16-20(21)14-23(24)27)12-6-9-18-7-3-2-4-8-18/h2-11,13,20-21,23-24,27H,12,14-17H2,1H3/b9-6+/t20-,21+,23+,24+/m0/s1. The summed E-state index contributed by atoms with van der Waals surface area (Å²) < 4.78 is 10.9. The minimum Gasteiger partial charge on any atom is -0.488 e. The Balaban J connectivity index is 1.33. The molecule has 0 unspecified atom stereocenters. The number of fused-ring (bicyclic) bond motifs is 1. The molecule has 4 rings (SSSR count). The zero-order valence-electron chi connectivity index (χ0n) is 17.3. The monoisotopic (exact) mass is 407 g/mol. The van der Waals surface area contributed by atoms with E-state index in [0.717, 1.165) is 32.5 Å². The number of carbonyl (C=O) groups excluding carboxylic acids is 1. The van der Waals surface area contributed by atoms with Crippen LogP contribution in [0.3, 0.4) is 0 Å². The molecule has 1 saturated carbocycles. The normalized spacial score (nSPS) is 26.5. The number of ether oxygens (including phenoxy) is 2. The van der Waals surface area contributed by atoms with Gasteiger partial charge < -0.3 is 14.6 Å². The highest BCUT2D eigenvalue weighted by Gasteiger charge is 2.42. The lowest BCUT2D eigenvalue weighted by atomic mass is 9.78. The van der Waals surface area contributed by atoms with Crippen LogP contribution < -0.4 is 4.74 Å². The number of likely N-dealkylation sites (tertiary alicyclic amines) is 1. The summed E-state index contributed by atoms with van der Waals surface area (Å²) in [6.07, 6.45) is 5.22. The van der Waals surface area contributed by atoms with Crippen molar-refractivity contribution in [1.82, 2.24) is 4.90 Å². The summed E-state index contributed by atoms with van der Waals surface area (Å²) in [7, 11) is 1.36. The van der Waals surface area contributed by atoms with Gasteiger partial charge in [0.1, 0.15) is 11.9 Å². The van der Waals surface area contributed by atoms with Crippen molar-refractivity contribution in [2.24, 2.45) is 11.8 Å². The van der Waals surface area contributed by atoms with Gasteiger partial charge in [0.25, 0.3) is 0 Å². The number of hydrogen-bond acceptors (Lipinski definition) is 5. The van der Waals surface area contributed by atoms with E-state index in [1.54, 1.807) is 18.2 Å². The molecule has 158 valence electrons. The summed E-state index contributed by atoms with van der Waals surface area (Å²) >= 11 is 0. The lowest BCUT2D eigenvalue weighted by molar-refractivity contribution is -0.0231. The molecule has 0 spiro atoms. The summed E-state index contributed by atoms with van der Waals surface area (Å²) in [6.45, 7) is 2.97. The van der Waals surface area contributed by atoms with Gasteiger partial charge in [-0.05, 0) is 48.4 Å². The van der Waals surface area contributed by atoms with E-state index < -0.39 is 6.10 Å². The first-order valence-corrected chi connectivity index (χ1v) is 10.6. The van der Waals surface area contributed by atoms with Crippen molar-refractivity contribution in [2.45, 2.75) is 25.0 Å². The summed E-state index contributed by atoms with van der Waals surface area (Å²) in [5.41, 5.74) is 1.67. The zero-order valence-corrected chi connectivity index (χ0v) is 17.3. The molecule has 1 saturated heterocycles. The molecule has 4 atom stereocenters. The fourth-order valence-electron chi connectivity index (χ4n) is 4.65. The minimum absolute atomic E-state index is 0.251. The van der Waals surface area contributed by atoms with Crippen molar-refractivity contribution in [3.05, 3.63) is 71.8 Å². The fourth-order valence-corrected chi connectivity index (χ4v) is 4.65. The molecule has 2 fully saturated rings. The quantitative estimate of drug-likeness (QED) is 0.741. The van der Waals surface area contributed by atoms with Gasteiger partial charge in [-0.25, -0.2) is 4.79 Å². The molecule has 5 nitrogen and oxygen atoms in total. The maximum Gasteiger partial charge on any atom is 0.337 e. The van der Waals surface area contributed by atoms with Crippen LogP contribution in [0.4, 0.5) is 0 Å². The van der Waals surface area contributed by atoms with Gasteiger partial charge in [-0.15, -0.1) is 0 Å². The zero-order chi connectivity index (χ0) is 20.9. The second-order valence-electron chi connectivity index (χ2n) is 8.27. The highest BCUT2D eigenvalue weighted by molar-refractivity contribution is 5.89. The molecule has 1 aliphatic heterocycles. The summed E-state index contributed by atoms with van der Waals surface area (Å²) in [5, 5.41) is 10.7. The number of aliphatic hydroxyl groups excluding tert-OH is 1. The van der Waals surface area contributed by atoms with Crippen LogP contribution in [0.2, 0.25) is 0 Å². The van der Waals surface area contributed by atoms with E-state index in [9.17, 15) is 9.90 Å². The topological polar surface area (TPSA) is 59.0 Å². The Morgan fingerprint density at radius 3 is 2.63 bits per heavy atom. The van der Waals surface area contributed by atoms with Gasteiger partial charge in [0.15, 0.2) is 0 Å². The smallest absolute Gasteiger partial charge is 0.337 e. The lowest BCUT2D eigenvalue weighted by Crippen LogP contribution is -2.42. The van der Waals surface area contributed by atoms with Crippen LogP contribution in [0.25, 0.3) is 6.08 Å². The second-order valence-corrected chi connectivity index (χ2v) is 8.27. The fraction of sp³-hybridized carbons (Fsp3) is 0.400. The number of carbonyl (C=O) groups is 1. The number of hydrogen-bond donors (Lipinski definition) is 1. The van der Waals surface area contributed by atoms with Gasteiger partial charge in [-0.3, -0.25) is 4.90 Å². The Labute approximate surface area is 177 Å². The molecule has 2 aromatic rings. The Morgan fingerprint density at radius 2 is 1.87 bits per heavy atom. The largest absolute Gasteiger partial charge is 0.488 e. The van der Waals surface area contributed by atoms with Crippen LogP contribution in [0, 0.1) is 11.8 Å². The molecular weight excluding hydrogens is 378 g/mol. The van der Waals surface area contributed by atoms with Gasteiger partial charge in [-0.1, -0.05) is 48.6 Å². The maximum atomic E-state index is 11.7. The van der Waals surface area contributed by atoms with Gasteiger partial charge in [0.05, 0.1) is 18.8 Å². The first-order valence-electron chi connectivity index (χ1n) is 10.6. The molecule has 1 N–H and O–H groups in total. The molecule has 0 amide bonds. The van der Waals surface area contributed by atoms with Crippen LogP contribution in [0.5, 0.6) is 5.75 Å². The number of aliphatic hydroxyl groups is 1. The van der Waals surface area contributed by atoms with Crippen LogP contribution in [-0.2, 0) is 4.74 Å². The summed E-state index contributed by atoms with van der Waals surface area (Å²) in [4.78, 5) is 14.2. The van der Waals surface area contributed by atoms with Gasteiger partial charge >= 0.3 is 5.97 Å². The molecule has 0 aromatic heterocycles. The molecule has 30 heavy (non-hydrogen) atoms. The van der Waals surface area contributed by atoms with E-state index in [1.165, 1.54) is 12.7 Å². The summed E-state index contributed by atoms with van der Waals surface area (Å²) in [6, 6.07) is 17.3. The Hall–Kier alpha value is -2.63. The van der Waals surface area contributed by atoms with E-state index in [4.69, 9.17) is 9.47 Å². The molecule has 0 bridgehead atoms. The Morgan fingerprint density at radius 1 is 1.10 bits per heavy atom. The first kappa shape index (κ1) is 20.6. The van der Waals surface area contributed by atoms with E-state index >= 15 is 0 Å². The van der Waals surface area contributed by atoms with Crippen molar-refractivity contribution >= 4 is 12.0 Å². The predicted molar refractivity (Wildman–Crippen MR) is 116 cm³/mol. The molecule has 2 aromatic carbocycles. The molecule has 5 heteroatoms. The summed E-state index contributed by atoms with van der Waals surface area (Å²) in [5.74, 6) is 1.24. The molecular formula is C25H29NO4. The average molecular weight is 408 g/mol. The van der Waals surface area contributed by atoms with Crippen molar-refractivity contribution in [3.8, 4) is 5.75 Å². The van der Waals surface area contributed by atoms with Gasteiger partial charge in [0.2, 0.25) is 0 Å². The molecule has 2 aliphatic rings. The Bertz CT molecular complexity index is 882. The van der Waals surface area contributed by atoms with Crippen LogP contribution >= 0.6 is 0 Å². The molecule has 0 radical (unpaired) electrons. The minimum atomic E-state index is -0.493. The van der Waals surface area contributed by atoms with Crippen LogP contribution in [0.1, 0.15) is 28.8 Å². The third-order valence-electron chi connectivity index (χ3n) is 6.18. The third kappa shape index (κ3) is 4.91. The van der Waals surface area contributed by atoms with Crippen molar-refractivity contribution < 1.29 is 19.4 Å². The first-order chi connectivity index (χ1) is 14.6. The third-order valence-corrected chi connectivity index (χ3v) is 6.18. The maximum absolute atomic E-state index is 11.7. The van der Waals surface area contributed by atoms with Crippen molar-refractivity contribution in [1.29, 1.82) is 0 Å². The van der Waals surface area contributed by atoms with Gasteiger partial charge in [0, 0.05) is 19.6 Å². The van der Waals surface area contributed by atoms with Crippen LogP contribution in [0.15, 0.2) is 60.7 Å². The SMILES string of the molecule is COC(=O)c1cccc(O[C@@H]2C[C@@H]3CN(C/C=C/c4ccccc4)C[C@@H]3C[C@H]2O)c1. The van der Waals surface area contributed by atoms with Gasteiger partial charge in [-0.2, -0.15) is 0 Å². The van der Waals surface area contributed by atoms with E-state index in [0.29, 0.717) is 23.1 Å².